The van der Waals surface area contributed by atoms with E-state index in [1.807, 2.05) is 0 Å². The van der Waals surface area contributed by atoms with Crippen molar-refractivity contribution in [3.63, 3.8) is 0 Å². The van der Waals surface area contributed by atoms with Gasteiger partial charge in [0.2, 0.25) is 0 Å². The van der Waals surface area contributed by atoms with E-state index in [0.29, 0.717) is 0 Å². The van der Waals surface area contributed by atoms with E-state index in [0.717, 1.165) is 11.3 Å². The summed E-state index contributed by atoms with van der Waals surface area (Å²) >= 11 is 0.841. The summed E-state index contributed by atoms with van der Waals surface area (Å²) in [6.45, 7) is -0.903. The number of carbonyl (C=O) groups is 2. The van der Waals surface area contributed by atoms with Crippen LogP contribution in [-0.4, -0.2) is 62.8 Å². The van der Waals surface area contributed by atoms with Crippen LogP contribution in [0.15, 0.2) is 0 Å². The Balaban J connectivity index is 2.48. The van der Waals surface area contributed by atoms with Gasteiger partial charge in [-0.25, -0.2) is 9.59 Å². The van der Waals surface area contributed by atoms with Crippen molar-refractivity contribution in [1.82, 2.24) is 0 Å². The van der Waals surface area contributed by atoms with Gasteiger partial charge >= 0.3 is 11.9 Å². The average molecular weight is 332 g/mol. The molecule has 1 aromatic heterocycles. The second-order valence-corrected chi connectivity index (χ2v) is 5.82. The molecule has 2 rings (SSSR count). The summed E-state index contributed by atoms with van der Waals surface area (Å²) in [4.78, 5) is 23.8. The lowest BCUT2D eigenvalue weighted by molar-refractivity contribution is -0.00726. The third-order valence-corrected chi connectivity index (χ3v) is 4.39. The van der Waals surface area contributed by atoms with Gasteiger partial charge in [0.05, 0.1) is 32.8 Å². The van der Waals surface area contributed by atoms with E-state index < -0.39 is 17.4 Å². The molecule has 22 heavy (non-hydrogen) atoms. The highest BCUT2D eigenvalue weighted by atomic mass is 32.1. The standard InChI is InChI=1S/C13H16O8S/c1-18-11(16)9-7-8(10(22-9)12(17)19-2)21-6-13(3-14,4-15)5-20-7/h14-15H,3-6H2,1-2H3. The van der Waals surface area contributed by atoms with E-state index in [1.54, 1.807) is 0 Å². The van der Waals surface area contributed by atoms with Gasteiger partial charge in [-0.3, -0.25) is 0 Å². The highest BCUT2D eigenvalue weighted by Gasteiger charge is 2.39. The Kier molecular flexibility index (Phi) is 4.89. The molecule has 0 fully saturated rings. The molecule has 0 saturated heterocycles. The van der Waals surface area contributed by atoms with Crippen LogP contribution >= 0.6 is 11.3 Å². The number of ether oxygens (including phenoxy) is 4. The van der Waals surface area contributed by atoms with Crippen molar-refractivity contribution in [1.29, 1.82) is 0 Å². The van der Waals surface area contributed by atoms with Crippen LogP contribution in [0.2, 0.25) is 0 Å². The fourth-order valence-electron chi connectivity index (χ4n) is 1.84. The van der Waals surface area contributed by atoms with Crippen molar-refractivity contribution in [3.8, 4) is 11.5 Å². The number of hydrogen-bond donors (Lipinski definition) is 2. The molecule has 1 aliphatic heterocycles. The summed E-state index contributed by atoms with van der Waals surface area (Å²) in [6, 6.07) is 0. The normalized spacial score (nSPS) is 15.8. The maximum Gasteiger partial charge on any atom is 0.352 e. The molecule has 0 amide bonds. The highest BCUT2D eigenvalue weighted by Crippen LogP contribution is 2.45. The number of carbonyl (C=O) groups excluding carboxylic acids is 2. The predicted molar refractivity (Wildman–Crippen MR) is 74.6 cm³/mol. The summed E-state index contributed by atoms with van der Waals surface area (Å²) in [5.74, 6) is -1.25. The molecule has 0 unspecified atom stereocenters. The molecular formula is C13H16O8S. The lowest BCUT2D eigenvalue weighted by Crippen LogP contribution is -2.40. The zero-order valence-electron chi connectivity index (χ0n) is 12.1. The van der Waals surface area contributed by atoms with Crippen LogP contribution in [0, 0.1) is 5.41 Å². The van der Waals surface area contributed by atoms with E-state index in [2.05, 4.69) is 9.47 Å². The Morgan fingerprint density at radius 3 is 1.77 bits per heavy atom. The molecule has 0 atom stereocenters. The molecule has 0 spiro atoms. The van der Waals surface area contributed by atoms with Gasteiger partial charge in [0, 0.05) is 0 Å². The molecule has 2 heterocycles. The summed E-state index contributed by atoms with van der Waals surface area (Å²) in [5, 5.41) is 18.9. The third kappa shape index (κ3) is 2.74. The maximum atomic E-state index is 11.8. The number of fused-ring (bicyclic) bond motifs is 1. The molecule has 0 bridgehead atoms. The Labute approximate surface area is 130 Å². The largest absolute Gasteiger partial charge is 0.487 e. The van der Waals surface area contributed by atoms with Gasteiger partial charge < -0.3 is 29.2 Å². The Morgan fingerprint density at radius 2 is 1.45 bits per heavy atom. The fraction of sp³-hybridized carbons (Fsp3) is 0.538. The SMILES string of the molecule is COC(=O)c1sc(C(=O)OC)c2c1OCC(CO)(CO)CO2. The molecule has 122 valence electrons. The molecule has 0 saturated carbocycles. The van der Waals surface area contributed by atoms with E-state index in [1.165, 1.54) is 14.2 Å². The first kappa shape index (κ1) is 16.5. The minimum Gasteiger partial charge on any atom is -0.487 e. The smallest absolute Gasteiger partial charge is 0.352 e. The molecular weight excluding hydrogens is 316 g/mol. The van der Waals surface area contributed by atoms with Crippen molar-refractivity contribution in [2.24, 2.45) is 5.41 Å². The fourth-order valence-corrected chi connectivity index (χ4v) is 2.87. The van der Waals surface area contributed by atoms with Crippen LogP contribution in [0.25, 0.3) is 0 Å². The van der Waals surface area contributed by atoms with Crippen molar-refractivity contribution in [3.05, 3.63) is 9.75 Å². The molecule has 0 radical (unpaired) electrons. The summed E-state index contributed by atoms with van der Waals surface area (Å²) in [7, 11) is 2.41. The number of aliphatic hydroxyl groups excluding tert-OH is 2. The summed E-state index contributed by atoms with van der Waals surface area (Å²) in [6.07, 6.45) is 0. The molecule has 0 aliphatic carbocycles. The first-order valence-electron chi connectivity index (χ1n) is 6.32. The quantitative estimate of drug-likeness (QED) is 0.745. The number of aliphatic hydroxyl groups is 2. The van der Waals surface area contributed by atoms with Gasteiger partial charge in [0.15, 0.2) is 21.3 Å². The Morgan fingerprint density at radius 1 is 1.05 bits per heavy atom. The van der Waals surface area contributed by atoms with E-state index in [4.69, 9.17) is 9.47 Å². The van der Waals surface area contributed by atoms with Crippen LogP contribution in [0.4, 0.5) is 0 Å². The van der Waals surface area contributed by atoms with Gasteiger partial charge in [-0.15, -0.1) is 11.3 Å². The molecule has 9 heteroatoms. The lowest BCUT2D eigenvalue weighted by atomic mass is 9.93. The maximum absolute atomic E-state index is 11.8. The van der Waals surface area contributed by atoms with Gasteiger partial charge in [-0.05, 0) is 0 Å². The minimum absolute atomic E-state index is 0.0565. The second-order valence-electron chi connectivity index (χ2n) is 4.80. The number of hydrogen-bond acceptors (Lipinski definition) is 9. The molecule has 8 nitrogen and oxygen atoms in total. The number of thiophene rings is 1. The minimum atomic E-state index is -1.03. The predicted octanol–water partition coefficient (Wildman–Crippen LogP) is 0.0635. The highest BCUT2D eigenvalue weighted by molar-refractivity contribution is 7.16. The van der Waals surface area contributed by atoms with Gasteiger partial charge in [0.1, 0.15) is 13.2 Å². The van der Waals surface area contributed by atoms with Gasteiger partial charge in [-0.1, -0.05) is 0 Å². The Bertz CT molecular complexity index is 530. The number of esters is 2. The van der Waals surface area contributed by atoms with Crippen molar-refractivity contribution < 1.29 is 38.7 Å². The van der Waals surface area contributed by atoms with Crippen molar-refractivity contribution >= 4 is 23.3 Å². The third-order valence-electron chi connectivity index (χ3n) is 3.28. The van der Waals surface area contributed by atoms with Crippen LogP contribution in [0.1, 0.15) is 19.3 Å². The van der Waals surface area contributed by atoms with E-state index >= 15 is 0 Å². The van der Waals surface area contributed by atoms with Crippen LogP contribution in [-0.2, 0) is 9.47 Å². The van der Waals surface area contributed by atoms with Crippen LogP contribution < -0.4 is 9.47 Å². The average Bonchev–Trinajstić information content (AvgIpc) is 2.82. The zero-order valence-corrected chi connectivity index (χ0v) is 12.9. The zero-order chi connectivity index (χ0) is 16.3. The van der Waals surface area contributed by atoms with E-state index in [-0.39, 0.29) is 47.7 Å². The monoisotopic (exact) mass is 332 g/mol. The van der Waals surface area contributed by atoms with Crippen molar-refractivity contribution in [2.75, 3.05) is 40.6 Å². The first-order chi connectivity index (χ1) is 10.5. The van der Waals surface area contributed by atoms with Crippen LogP contribution in [0.3, 0.4) is 0 Å². The number of rotatable bonds is 4. The second kappa shape index (κ2) is 6.51. The lowest BCUT2D eigenvalue weighted by Gasteiger charge is -2.26. The molecule has 1 aliphatic rings. The van der Waals surface area contributed by atoms with Crippen LogP contribution in [0.5, 0.6) is 11.5 Å². The Hall–Kier alpha value is -1.84. The molecule has 0 aromatic carbocycles. The molecule has 2 N–H and O–H groups in total. The van der Waals surface area contributed by atoms with Gasteiger partial charge in [-0.2, -0.15) is 0 Å². The topological polar surface area (TPSA) is 112 Å². The van der Waals surface area contributed by atoms with Crippen molar-refractivity contribution in [2.45, 2.75) is 0 Å². The number of methoxy groups -OCH3 is 2. The summed E-state index contributed by atoms with van der Waals surface area (Å²) in [5.41, 5.74) is -1.03. The van der Waals surface area contributed by atoms with Gasteiger partial charge in [0.25, 0.3) is 0 Å². The molecule has 1 aromatic rings. The van der Waals surface area contributed by atoms with E-state index in [9.17, 15) is 19.8 Å². The first-order valence-corrected chi connectivity index (χ1v) is 7.14. The summed E-state index contributed by atoms with van der Waals surface area (Å²) < 4.78 is 20.4.